The number of rotatable bonds is 5. The van der Waals surface area contributed by atoms with Crippen molar-refractivity contribution < 1.29 is 0 Å². The van der Waals surface area contributed by atoms with Crippen LogP contribution in [0.25, 0.3) is 87.6 Å². The predicted molar refractivity (Wildman–Crippen MR) is 278 cm³/mol. The first-order valence-corrected chi connectivity index (χ1v) is 23.0. The molecule has 0 bridgehead atoms. The van der Waals surface area contributed by atoms with Gasteiger partial charge in [0.2, 0.25) is 0 Å². The molecule has 1 spiro atoms. The van der Waals surface area contributed by atoms with Crippen molar-refractivity contribution in [3.8, 4) is 44.5 Å². The van der Waals surface area contributed by atoms with E-state index in [9.17, 15) is 0 Å². The summed E-state index contributed by atoms with van der Waals surface area (Å²) in [4.78, 5) is 2.55. The van der Waals surface area contributed by atoms with E-state index in [4.69, 9.17) is 0 Å². The molecule has 12 aromatic carbocycles. The smallest absolute Gasteiger partial charge is 0.0726 e. The Bertz CT molecular complexity index is 3870. The highest BCUT2D eigenvalue weighted by molar-refractivity contribution is 6.26. The van der Waals surface area contributed by atoms with E-state index in [-0.39, 0.29) is 0 Å². The quantitative estimate of drug-likeness (QED) is 0.156. The molecular formula is C65H41N. The van der Waals surface area contributed by atoms with Crippen LogP contribution in [0.3, 0.4) is 0 Å². The monoisotopic (exact) mass is 835 g/mol. The molecule has 0 unspecified atom stereocenters. The summed E-state index contributed by atoms with van der Waals surface area (Å²) >= 11 is 0. The Morgan fingerprint density at radius 3 is 1.39 bits per heavy atom. The molecule has 0 heterocycles. The van der Waals surface area contributed by atoms with Crippen LogP contribution in [0.4, 0.5) is 17.1 Å². The molecule has 2 aliphatic carbocycles. The average molecular weight is 836 g/mol. The third kappa shape index (κ3) is 5.23. The number of benzene rings is 12. The normalized spacial score (nSPS) is 13.0. The zero-order chi connectivity index (χ0) is 43.3. The zero-order valence-corrected chi connectivity index (χ0v) is 36.1. The van der Waals surface area contributed by atoms with Gasteiger partial charge in [-0.05, 0) is 147 Å². The fourth-order valence-electron chi connectivity index (χ4n) is 11.8. The van der Waals surface area contributed by atoms with Crippen molar-refractivity contribution in [3.63, 3.8) is 0 Å². The van der Waals surface area contributed by atoms with Crippen molar-refractivity contribution in [1.29, 1.82) is 0 Å². The summed E-state index contributed by atoms with van der Waals surface area (Å²) in [6.45, 7) is 0. The number of fused-ring (bicyclic) bond motifs is 17. The molecule has 1 nitrogen and oxygen atoms in total. The SMILES string of the molecule is c1ccc(-c2cccc(-c3cc4c(cc3N(c3ccc5ccccc5c3)c3ccc5c6ccccc6c6ccccc6c5c3)C3(c5ccccc5-c5ccccc53)c3ccccc3-4)c2)cc1. The Hall–Kier alpha value is -8.52. The third-order valence-corrected chi connectivity index (χ3v) is 14.6. The summed E-state index contributed by atoms with van der Waals surface area (Å²) in [5.74, 6) is 0. The van der Waals surface area contributed by atoms with E-state index in [1.807, 2.05) is 0 Å². The van der Waals surface area contributed by atoms with Crippen molar-refractivity contribution in [1.82, 2.24) is 0 Å². The molecule has 0 saturated carbocycles. The Balaban J connectivity index is 1.13. The Labute approximate surface area is 384 Å². The van der Waals surface area contributed by atoms with Gasteiger partial charge in [-0.2, -0.15) is 0 Å². The lowest BCUT2D eigenvalue weighted by molar-refractivity contribution is 0.794. The van der Waals surface area contributed by atoms with Crippen molar-refractivity contribution in [3.05, 3.63) is 271 Å². The molecule has 1 heteroatoms. The highest BCUT2D eigenvalue weighted by Crippen LogP contribution is 2.64. The van der Waals surface area contributed by atoms with E-state index >= 15 is 0 Å². The topological polar surface area (TPSA) is 3.24 Å². The van der Waals surface area contributed by atoms with E-state index in [2.05, 4.69) is 254 Å². The van der Waals surface area contributed by atoms with Gasteiger partial charge in [-0.25, -0.2) is 0 Å². The van der Waals surface area contributed by atoms with Crippen molar-refractivity contribution in [2.24, 2.45) is 0 Å². The minimum atomic E-state index is -0.508. The second kappa shape index (κ2) is 14.2. The van der Waals surface area contributed by atoms with Gasteiger partial charge in [-0.3, -0.25) is 0 Å². The molecule has 0 radical (unpaired) electrons. The molecule has 0 aliphatic heterocycles. The van der Waals surface area contributed by atoms with E-state index < -0.39 is 5.41 Å². The summed E-state index contributed by atoms with van der Waals surface area (Å²) in [7, 11) is 0. The van der Waals surface area contributed by atoms with Gasteiger partial charge >= 0.3 is 0 Å². The van der Waals surface area contributed by atoms with Crippen LogP contribution in [0.5, 0.6) is 0 Å². The first kappa shape index (κ1) is 36.9. The van der Waals surface area contributed by atoms with Crippen LogP contribution < -0.4 is 4.90 Å². The molecule has 12 aromatic rings. The second-order valence-corrected chi connectivity index (χ2v) is 17.9. The van der Waals surface area contributed by atoms with Crippen LogP contribution in [-0.2, 0) is 5.41 Å². The van der Waals surface area contributed by atoms with Gasteiger partial charge in [0.25, 0.3) is 0 Å². The molecule has 0 aromatic heterocycles. The van der Waals surface area contributed by atoms with Gasteiger partial charge in [0.05, 0.1) is 11.1 Å². The molecular weight excluding hydrogens is 795 g/mol. The third-order valence-electron chi connectivity index (χ3n) is 14.6. The van der Waals surface area contributed by atoms with Crippen LogP contribution in [0, 0.1) is 0 Å². The minimum Gasteiger partial charge on any atom is -0.310 e. The fraction of sp³-hybridized carbons (Fsp3) is 0.0154. The number of hydrogen-bond donors (Lipinski definition) is 0. The number of nitrogens with zero attached hydrogens (tertiary/aromatic N) is 1. The molecule has 306 valence electrons. The first-order valence-electron chi connectivity index (χ1n) is 23.0. The summed E-state index contributed by atoms with van der Waals surface area (Å²) in [5, 5.41) is 9.98. The van der Waals surface area contributed by atoms with Crippen molar-refractivity contribution >= 4 is 60.2 Å². The first-order chi connectivity index (χ1) is 32.7. The zero-order valence-electron chi connectivity index (χ0n) is 36.1. The van der Waals surface area contributed by atoms with E-state index in [0.717, 1.165) is 17.1 Å². The summed E-state index contributed by atoms with van der Waals surface area (Å²) < 4.78 is 0. The van der Waals surface area contributed by atoms with Gasteiger partial charge in [0.15, 0.2) is 0 Å². The molecule has 14 rings (SSSR count). The van der Waals surface area contributed by atoms with Crippen LogP contribution in [0.15, 0.2) is 249 Å². The second-order valence-electron chi connectivity index (χ2n) is 17.9. The van der Waals surface area contributed by atoms with Crippen LogP contribution in [-0.4, -0.2) is 0 Å². The fourth-order valence-corrected chi connectivity index (χ4v) is 11.8. The largest absolute Gasteiger partial charge is 0.310 e. The van der Waals surface area contributed by atoms with E-state index in [0.29, 0.717) is 0 Å². The van der Waals surface area contributed by atoms with Gasteiger partial charge < -0.3 is 4.90 Å². The number of anilines is 3. The maximum absolute atomic E-state index is 2.57. The van der Waals surface area contributed by atoms with Crippen molar-refractivity contribution in [2.75, 3.05) is 4.90 Å². The molecule has 0 N–H and O–H groups in total. The van der Waals surface area contributed by atoms with Gasteiger partial charge in [0.1, 0.15) is 0 Å². The van der Waals surface area contributed by atoms with E-state index in [1.54, 1.807) is 0 Å². The van der Waals surface area contributed by atoms with Gasteiger partial charge in [0, 0.05) is 16.9 Å². The molecule has 2 aliphatic rings. The Morgan fingerprint density at radius 1 is 0.242 bits per heavy atom. The average Bonchev–Trinajstić information content (AvgIpc) is 3.86. The van der Waals surface area contributed by atoms with Crippen LogP contribution in [0.2, 0.25) is 0 Å². The number of hydrogen-bond acceptors (Lipinski definition) is 1. The maximum atomic E-state index is 2.57. The summed E-state index contributed by atoms with van der Waals surface area (Å²) in [5.41, 5.74) is 18.1. The van der Waals surface area contributed by atoms with Crippen LogP contribution >= 0.6 is 0 Å². The molecule has 0 fully saturated rings. The van der Waals surface area contributed by atoms with E-state index in [1.165, 1.54) is 110 Å². The lowest BCUT2D eigenvalue weighted by atomic mass is 9.70. The highest BCUT2D eigenvalue weighted by Gasteiger charge is 2.52. The van der Waals surface area contributed by atoms with Crippen LogP contribution in [0.1, 0.15) is 22.3 Å². The van der Waals surface area contributed by atoms with Gasteiger partial charge in [-0.1, -0.05) is 206 Å². The highest BCUT2D eigenvalue weighted by atomic mass is 15.1. The Kier molecular flexibility index (Phi) is 7.97. The lowest BCUT2D eigenvalue weighted by Crippen LogP contribution is -2.26. The lowest BCUT2D eigenvalue weighted by Gasteiger charge is -2.33. The summed E-state index contributed by atoms with van der Waals surface area (Å²) in [6.07, 6.45) is 0. The minimum absolute atomic E-state index is 0.508. The summed E-state index contributed by atoms with van der Waals surface area (Å²) in [6, 6.07) is 93.0. The standard InChI is InChI=1S/C65H41N/c1-2-17-42(18-3-1)44-21-16-22-46(37-44)57-40-59-56-29-12-15-32-62(56)65(60-30-13-10-27-54(60)55-28-11-14-31-61(55)65)63(59)41-64(57)66(47-34-33-43-19-4-5-20-45(43)38-47)48-35-36-53-51-25-7-6-23-49(51)50-24-8-9-26-52(50)58(53)39-48/h1-41H. The molecule has 0 atom stereocenters. The van der Waals surface area contributed by atoms with Crippen molar-refractivity contribution in [2.45, 2.75) is 5.41 Å². The molecule has 0 amide bonds. The maximum Gasteiger partial charge on any atom is 0.0726 e. The molecule has 0 saturated heterocycles. The van der Waals surface area contributed by atoms with Gasteiger partial charge in [-0.15, -0.1) is 0 Å². The predicted octanol–water partition coefficient (Wildman–Crippen LogP) is 17.4. The molecule has 66 heavy (non-hydrogen) atoms. The Morgan fingerprint density at radius 2 is 0.727 bits per heavy atom.